The van der Waals surface area contributed by atoms with E-state index in [-0.39, 0.29) is 29.0 Å². The van der Waals surface area contributed by atoms with Crippen LogP contribution in [-0.4, -0.2) is 42.7 Å². The fourth-order valence-electron chi connectivity index (χ4n) is 4.91. The molecule has 3 saturated carbocycles. The van der Waals surface area contributed by atoms with Gasteiger partial charge in [0.25, 0.3) is 11.5 Å². The van der Waals surface area contributed by atoms with E-state index in [4.69, 9.17) is 4.63 Å². The van der Waals surface area contributed by atoms with Crippen LogP contribution in [0, 0.1) is 17.8 Å². The summed E-state index contributed by atoms with van der Waals surface area (Å²) in [5.41, 5.74) is 1.17. The van der Waals surface area contributed by atoms with Crippen molar-refractivity contribution in [3.05, 3.63) is 58.2 Å². The van der Waals surface area contributed by atoms with Crippen LogP contribution in [0.5, 0.6) is 0 Å². The third-order valence-corrected chi connectivity index (χ3v) is 7.12. The first kappa shape index (κ1) is 21.8. The average Bonchev–Trinajstić information content (AvgIpc) is 3.76. The molecule has 3 N–H and O–H groups in total. The lowest BCUT2D eigenvalue weighted by Crippen LogP contribution is -2.50. The Balaban J connectivity index is 1.19. The summed E-state index contributed by atoms with van der Waals surface area (Å²) in [5, 5.41) is 13.6. The number of nitrogens with one attached hydrogen (secondary N) is 3. The molecule has 3 fully saturated rings. The van der Waals surface area contributed by atoms with Crippen LogP contribution in [0.15, 0.2) is 40.3 Å². The second-order valence-corrected chi connectivity index (χ2v) is 9.92. The number of amides is 2. The van der Waals surface area contributed by atoms with E-state index in [0.717, 1.165) is 38.5 Å². The fraction of sp³-hybridized carbons (Fsp3) is 0.500. The topological polar surface area (TPSA) is 148 Å². The highest BCUT2D eigenvalue weighted by Crippen LogP contribution is 2.51. The maximum absolute atomic E-state index is 13.5. The number of carbonyl (C=O) groups excluding carboxylic acids is 2. The van der Waals surface area contributed by atoms with Crippen LogP contribution in [0.1, 0.15) is 66.2 Å². The molecule has 182 valence electrons. The number of carbonyl (C=O) groups is 2. The number of aromatic nitrogens is 5. The number of hydrogen-bond acceptors (Lipinski definition) is 7. The maximum atomic E-state index is 13.5. The van der Waals surface area contributed by atoms with Crippen molar-refractivity contribution in [2.24, 2.45) is 17.8 Å². The molecule has 11 nitrogen and oxygen atoms in total. The van der Waals surface area contributed by atoms with Crippen LogP contribution in [0.25, 0.3) is 0 Å². The predicted molar refractivity (Wildman–Crippen MR) is 123 cm³/mol. The lowest BCUT2D eigenvalue weighted by atomic mass is 9.88. The molecule has 2 amide bonds. The van der Waals surface area contributed by atoms with Gasteiger partial charge in [-0.25, -0.2) is 9.61 Å². The summed E-state index contributed by atoms with van der Waals surface area (Å²) in [4.78, 5) is 45.5. The molecule has 35 heavy (non-hydrogen) atoms. The molecule has 3 aromatic heterocycles. The summed E-state index contributed by atoms with van der Waals surface area (Å²) in [7, 11) is 0. The number of aromatic amines is 1. The van der Waals surface area contributed by atoms with E-state index in [2.05, 4.69) is 30.9 Å². The fourth-order valence-corrected chi connectivity index (χ4v) is 4.91. The Hall–Kier alpha value is -3.76. The number of nitrogens with zero attached hydrogens (tertiary/aromatic N) is 4. The normalized spacial score (nSPS) is 18.4. The molecular formula is C24H27N7O4. The van der Waals surface area contributed by atoms with Crippen molar-refractivity contribution in [2.75, 3.05) is 5.32 Å². The highest BCUT2D eigenvalue weighted by Gasteiger charge is 2.49. The molecule has 0 bridgehead atoms. The Morgan fingerprint density at radius 3 is 2.60 bits per heavy atom. The average molecular weight is 478 g/mol. The highest BCUT2D eigenvalue weighted by atomic mass is 16.6. The molecule has 0 unspecified atom stereocenters. The van der Waals surface area contributed by atoms with Crippen LogP contribution in [0.4, 0.5) is 5.82 Å². The van der Waals surface area contributed by atoms with E-state index in [1.54, 1.807) is 35.4 Å². The first-order valence-electron chi connectivity index (χ1n) is 12.2. The van der Waals surface area contributed by atoms with E-state index in [0.29, 0.717) is 35.5 Å². The minimum Gasteiger partial charge on any atom is -0.338 e. The van der Waals surface area contributed by atoms with Gasteiger partial charge in [-0.15, -0.1) is 0 Å². The smallest absolute Gasteiger partial charge is 0.276 e. The minimum atomic E-state index is -0.701. The van der Waals surface area contributed by atoms with Gasteiger partial charge in [0, 0.05) is 23.9 Å². The lowest BCUT2D eigenvalue weighted by molar-refractivity contribution is -0.119. The van der Waals surface area contributed by atoms with Crippen molar-refractivity contribution in [3.8, 4) is 0 Å². The molecule has 0 aromatic carbocycles. The Labute approximate surface area is 200 Å². The molecule has 0 aliphatic heterocycles. The molecular weight excluding hydrogens is 450 g/mol. The number of rotatable bonds is 10. The second-order valence-electron chi connectivity index (χ2n) is 9.92. The zero-order valence-electron chi connectivity index (χ0n) is 19.1. The number of H-pyrrole nitrogens is 1. The first-order chi connectivity index (χ1) is 17.1. The van der Waals surface area contributed by atoms with Gasteiger partial charge in [-0.3, -0.25) is 14.4 Å². The molecule has 3 aromatic rings. The van der Waals surface area contributed by atoms with Gasteiger partial charge in [0.2, 0.25) is 5.91 Å². The summed E-state index contributed by atoms with van der Waals surface area (Å²) >= 11 is 0. The molecule has 0 radical (unpaired) electrons. The third kappa shape index (κ3) is 4.75. The van der Waals surface area contributed by atoms with Crippen LogP contribution < -0.4 is 16.2 Å². The van der Waals surface area contributed by atoms with Gasteiger partial charge >= 0.3 is 0 Å². The van der Waals surface area contributed by atoms with Crippen LogP contribution in [0.2, 0.25) is 0 Å². The molecule has 1 atom stereocenters. The SMILES string of the molecule is O=C(N[C@H](C(=O)Nc1cn(Cc2ccc[nH]c2=O)cn1)C(C1CC1)C1CC1)c1nonc1C1CC1. The molecule has 0 spiro atoms. The van der Waals surface area contributed by atoms with Crippen molar-refractivity contribution in [3.63, 3.8) is 0 Å². The van der Waals surface area contributed by atoms with Gasteiger partial charge in [0.15, 0.2) is 11.5 Å². The number of imidazole rings is 1. The van der Waals surface area contributed by atoms with Crippen LogP contribution >= 0.6 is 0 Å². The monoisotopic (exact) mass is 477 g/mol. The van der Waals surface area contributed by atoms with E-state index in [9.17, 15) is 14.4 Å². The van der Waals surface area contributed by atoms with Gasteiger partial charge in [0.05, 0.1) is 12.9 Å². The van der Waals surface area contributed by atoms with Gasteiger partial charge in [-0.1, -0.05) is 11.2 Å². The summed E-state index contributed by atoms with van der Waals surface area (Å²) < 4.78 is 6.58. The Morgan fingerprint density at radius 1 is 1.14 bits per heavy atom. The Bertz CT molecular complexity index is 1290. The number of pyridine rings is 1. The van der Waals surface area contributed by atoms with Crippen molar-refractivity contribution < 1.29 is 14.2 Å². The van der Waals surface area contributed by atoms with E-state index >= 15 is 0 Å². The first-order valence-corrected chi connectivity index (χ1v) is 12.2. The zero-order valence-corrected chi connectivity index (χ0v) is 19.1. The standard InChI is InChI=1S/C24H27N7O4/c32-22-16(2-1-9-25-22)10-31-11-17(26-12-31)27-23(33)20(18(13-3-4-13)14-5-6-14)28-24(34)21-19(15-7-8-15)29-35-30-21/h1-2,9,11-15,18,20H,3-8,10H2,(H,25,32)(H,27,33)(H,28,34)/t20-/m0/s1. The zero-order chi connectivity index (χ0) is 23.9. The van der Waals surface area contributed by atoms with Gasteiger partial charge in [-0.05, 0) is 67.5 Å². The summed E-state index contributed by atoms with van der Waals surface area (Å²) in [6.07, 6.45) is 11.0. The number of anilines is 1. The molecule has 11 heteroatoms. The number of hydrogen-bond donors (Lipinski definition) is 3. The molecule has 3 heterocycles. The molecule has 6 rings (SSSR count). The second kappa shape index (κ2) is 8.79. The van der Waals surface area contributed by atoms with Crippen LogP contribution in [-0.2, 0) is 11.3 Å². The summed E-state index contributed by atoms with van der Waals surface area (Å²) in [6, 6.07) is 2.81. The Kier molecular flexibility index (Phi) is 5.46. The van der Waals surface area contributed by atoms with Crippen molar-refractivity contribution in [1.82, 2.24) is 30.2 Å². The highest BCUT2D eigenvalue weighted by molar-refractivity contribution is 6.00. The van der Waals surface area contributed by atoms with Crippen molar-refractivity contribution >= 4 is 17.6 Å². The largest absolute Gasteiger partial charge is 0.338 e. The van der Waals surface area contributed by atoms with E-state index in [1.807, 2.05) is 0 Å². The minimum absolute atomic E-state index is 0.0770. The van der Waals surface area contributed by atoms with Gasteiger partial charge < -0.3 is 20.2 Å². The molecule has 3 aliphatic carbocycles. The van der Waals surface area contributed by atoms with Crippen LogP contribution in [0.3, 0.4) is 0 Å². The third-order valence-electron chi connectivity index (χ3n) is 7.12. The van der Waals surface area contributed by atoms with Crippen molar-refractivity contribution in [1.29, 1.82) is 0 Å². The molecule has 0 saturated heterocycles. The lowest BCUT2D eigenvalue weighted by Gasteiger charge is -2.27. The summed E-state index contributed by atoms with van der Waals surface area (Å²) in [6.45, 7) is 0.328. The Morgan fingerprint density at radius 2 is 1.91 bits per heavy atom. The molecule has 3 aliphatic rings. The summed E-state index contributed by atoms with van der Waals surface area (Å²) in [5.74, 6) is 0.793. The van der Waals surface area contributed by atoms with E-state index < -0.39 is 11.9 Å². The van der Waals surface area contributed by atoms with Gasteiger partial charge in [0.1, 0.15) is 11.7 Å². The maximum Gasteiger partial charge on any atom is 0.276 e. The van der Waals surface area contributed by atoms with Crippen molar-refractivity contribution in [2.45, 2.75) is 57.0 Å². The van der Waals surface area contributed by atoms with E-state index in [1.165, 1.54) is 0 Å². The predicted octanol–water partition coefficient (Wildman–Crippen LogP) is 2.05. The quantitative estimate of drug-likeness (QED) is 0.405. The van der Waals surface area contributed by atoms with Gasteiger partial charge in [-0.2, -0.15) is 0 Å².